The van der Waals surface area contributed by atoms with Crippen LogP contribution in [0.15, 0.2) is 72.1 Å². The van der Waals surface area contributed by atoms with Crippen molar-refractivity contribution >= 4 is 28.3 Å². The molecule has 1 unspecified atom stereocenters. The fourth-order valence-corrected chi connectivity index (χ4v) is 5.51. The van der Waals surface area contributed by atoms with Crippen LogP contribution in [0.4, 0.5) is 18.3 Å². The summed E-state index contributed by atoms with van der Waals surface area (Å²) in [5, 5.41) is 17.3. The smallest absolute Gasteiger partial charge is 0.481 e. The number of aromatic nitrogens is 1. The monoisotopic (exact) mass is 581 g/mol. The molecule has 0 bridgehead atoms. The molecule has 0 spiro atoms. The van der Waals surface area contributed by atoms with Gasteiger partial charge in [0, 0.05) is 23.1 Å². The van der Waals surface area contributed by atoms with Crippen molar-refractivity contribution in [3.63, 3.8) is 0 Å². The Morgan fingerprint density at radius 2 is 1.68 bits per heavy atom. The third-order valence-electron chi connectivity index (χ3n) is 6.74. The van der Waals surface area contributed by atoms with E-state index in [1.807, 2.05) is 17.5 Å². The maximum Gasteiger partial charge on any atom is 0.573 e. The lowest BCUT2D eigenvalue weighted by Gasteiger charge is -2.21. The van der Waals surface area contributed by atoms with Gasteiger partial charge in [0.05, 0.1) is 18.2 Å². The molecule has 1 amide bonds. The Hall–Kier alpha value is -4.38. The van der Waals surface area contributed by atoms with Crippen LogP contribution in [0, 0.1) is 0 Å². The van der Waals surface area contributed by atoms with Crippen LogP contribution in [0.1, 0.15) is 51.5 Å². The number of hydrogen-bond donors (Lipinski definition) is 3. The molecule has 0 saturated carbocycles. The van der Waals surface area contributed by atoms with Crippen LogP contribution in [-0.2, 0) is 17.6 Å². The van der Waals surface area contributed by atoms with E-state index in [0.29, 0.717) is 22.0 Å². The Balaban J connectivity index is 1.37. The highest BCUT2D eigenvalue weighted by Crippen LogP contribution is 2.34. The molecule has 1 heterocycles. The molecule has 5 rings (SSSR count). The van der Waals surface area contributed by atoms with Crippen LogP contribution in [0.5, 0.6) is 5.75 Å². The zero-order valence-electron chi connectivity index (χ0n) is 21.7. The number of carboxylic acids is 1. The van der Waals surface area contributed by atoms with E-state index < -0.39 is 12.3 Å². The van der Waals surface area contributed by atoms with Gasteiger partial charge < -0.3 is 20.5 Å². The fourth-order valence-electron chi connectivity index (χ4n) is 4.77. The molecule has 0 fully saturated rings. The number of carbonyl (C=O) groups excluding carboxylic acids is 1. The Bertz CT molecular complexity index is 1540. The van der Waals surface area contributed by atoms with Crippen molar-refractivity contribution in [1.29, 1.82) is 0 Å². The second-order valence-corrected chi connectivity index (χ2v) is 10.4. The van der Waals surface area contributed by atoms with Gasteiger partial charge in [0.25, 0.3) is 5.91 Å². The van der Waals surface area contributed by atoms with Crippen LogP contribution in [-0.4, -0.2) is 34.9 Å². The number of anilines is 1. The number of ether oxygens (including phenoxy) is 1. The minimum atomic E-state index is -4.76. The highest BCUT2D eigenvalue weighted by atomic mass is 32.1. The van der Waals surface area contributed by atoms with Gasteiger partial charge in [-0.1, -0.05) is 30.3 Å². The van der Waals surface area contributed by atoms with Crippen LogP contribution in [0.3, 0.4) is 0 Å². The topological polar surface area (TPSA) is 101 Å². The second kappa shape index (κ2) is 12.0. The first-order chi connectivity index (χ1) is 19.6. The summed E-state index contributed by atoms with van der Waals surface area (Å²) >= 11 is 1.38. The van der Waals surface area contributed by atoms with Crippen LogP contribution in [0.2, 0.25) is 0 Å². The Labute approximate surface area is 238 Å². The lowest BCUT2D eigenvalue weighted by molar-refractivity contribution is -0.274. The molecule has 0 aliphatic heterocycles. The van der Waals surface area contributed by atoms with Gasteiger partial charge >= 0.3 is 12.3 Å². The van der Waals surface area contributed by atoms with E-state index in [1.54, 1.807) is 12.1 Å². The van der Waals surface area contributed by atoms with Crippen molar-refractivity contribution < 1.29 is 32.6 Å². The molecule has 3 aromatic carbocycles. The lowest BCUT2D eigenvalue weighted by Crippen LogP contribution is -2.26. The Kier molecular flexibility index (Phi) is 8.25. The number of aliphatic carboxylic acids is 1. The number of thiazole rings is 1. The van der Waals surface area contributed by atoms with E-state index >= 15 is 0 Å². The van der Waals surface area contributed by atoms with Gasteiger partial charge in [-0.15, -0.1) is 24.5 Å². The van der Waals surface area contributed by atoms with E-state index in [9.17, 15) is 22.8 Å². The van der Waals surface area contributed by atoms with Gasteiger partial charge in [-0.3, -0.25) is 9.59 Å². The Morgan fingerprint density at radius 3 is 2.39 bits per heavy atom. The van der Waals surface area contributed by atoms with Crippen molar-refractivity contribution in [1.82, 2.24) is 10.3 Å². The van der Waals surface area contributed by atoms with Crippen molar-refractivity contribution in [2.75, 3.05) is 11.9 Å². The minimum absolute atomic E-state index is 0.0414. The highest BCUT2D eigenvalue weighted by Gasteiger charge is 2.31. The van der Waals surface area contributed by atoms with Gasteiger partial charge in [0.15, 0.2) is 5.13 Å². The number of nitrogens with zero attached hydrogens (tertiary/aromatic N) is 1. The maximum absolute atomic E-state index is 12.5. The summed E-state index contributed by atoms with van der Waals surface area (Å²) in [6.07, 6.45) is -1.72. The number of fused-ring (bicyclic) bond motifs is 1. The molecule has 1 aliphatic rings. The number of alkyl halides is 3. The van der Waals surface area contributed by atoms with E-state index in [-0.39, 0.29) is 30.7 Å². The molecule has 41 heavy (non-hydrogen) atoms. The number of carboxylic acid groups (broad SMARTS) is 1. The van der Waals surface area contributed by atoms with Crippen molar-refractivity contribution in [2.24, 2.45) is 0 Å². The summed E-state index contributed by atoms with van der Waals surface area (Å²) < 4.78 is 41.5. The van der Waals surface area contributed by atoms with Crippen molar-refractivity contribution in [2.45, 2.75) is 38.1 Å². The fraction of sp³-hybridized carbons (Fsp3) is 0.233. The third-order valence-corrected chi connectivity index (χ3v) is 7.52. The number of halogens is 3. The van der Waals surface area contributed by atoms with Gasteiger partial charge in [-0.2, -0.15) is 0 Å². The first kappa shape index (κ1) is 28.2. The quantitative estimate of drug-likeness (QED) is 0.195. The molecule has 3 N–H and O–H groups in total. The number of nitrogens with one attached hydrogen (secondary N) is 2. The lowest BCUT2D eigenvalue weighted by atomic mass is 9.95. The number of amides is 1. The number of rotatable bonds is 10. The first-order valence-corrected chi connectivity index (χ1v) is 13.8. The molecule has 11 heteroatoms. The Morgan fingerprint density at radius 1 is 0.976 bits per heavy atom. The number of carbonyl (C=O) groups is 2. The summed E-state index contributed by atoms with van der Waals surface area (Å²) in [5.74, 6) is -1.64. The maximum atomic E-state index is 12.5. The van der Waals surface area contributed by atoms with Crippen LogP contribution >= 0.6 is 11.3 Å². The van der Waals surface area contributed by atoms with Gasteiger partial charge in [-0.25, -0.2) is 4.98 Å². The summed E-state index contributed by atoms with van der Waals surface area (Å²) in [4.78, 5) is 27.8. The predicted octanol–water partition coefficient (Wildman–Crippen LogP) is 6.60. The molecular weight excluding hydrogens is 555 g/mol. The summed E-state index contributed by atoms with van der Waals surface area (Å²) in [6, 6.07) is 18.8. The summed E-state index contributed by atoms with van der Waals surface area (Å²) in [7, 11) is 0. The summed E-state index contributed by atoms with van der Waals surface area (Å²) in [5.41, 5.74) is 6.26. The van der Waals surface area contributed by atoms with E-state index in [4.69, 9.17) is 5.11 Å². The molecule has 1 aromatic heterocycles. The average Bonchev–Trinajstić information content (AvgIpc) is 3.60. The largest absolute Gasteiger partial charge is 0.573 e. The molecule has 0 radical (unpaired) electrons. The molecule has 7 nitrogen and oxygen atoms in total. The molecular formula is C30H26F3N3O4S. The number of benzene rings is 3. The normalized spacial score (nSPS) is 13.3. The van der Waals surface area contributed by atoms with E-state index in [0.717, 1.165) is 30.4 Å². The van der Waals surface area contributed by atoms with Gasteiger partial charge in [0.1, 0.15) is 5.75 Å². The molecule has 212 valence electrons. The standard InChI is InChI=1S/C30H26F3N3O4S/c31-30(32,33)40-24-12-10-19(11-13-24)25-17-41-29(35-25)36-27(23-9-4-18-2-1-3-22(18)16-23)20-5-7-21(8-6-20)28(39)34-15-14-26(37)38/h4-13,16-17,27H,1-3,14-15H2,(H,34,39)(H,35,36)(H,37,38). The first-order valence-electron chi connectivity index (χ1n) is 12.9. The van der Waals surface area contributed by atoms with E-state index in [1.165, 1.54) is 46.7 Å². The third kappa shape index (κ3) is 7.23. The van der Waals surface area contributed by atoms with Gasteiger partial charge in [-0.05, 0) is 77.9 Å². The summed E-state index contributed by atoms with van der Waals surface area (Å²) in [6.45, 7) is 0.0414. The van der Waals surface area contributed by atoms with Crippen LogP contribution in [0.25, 0.3) is 11.3 Å². The van der Waals surface area contributed by atoms with Crippen molar-refractivity contribution in [3.05, 3.63) is 99.9 Å². The molecule has 1 aliphatic carbocycles. The minimum Gasteiger partial charge on any atom is -0.481 e. The second-order valence-electron chi connectivity index (χ2n) is 9.59. The number of aryl methyl sites for hydroxylation is 2. The van der Waals surface area contributed by atoms with Crippen LogP contribution < -0.4 is 15.4 Å². The van der Waals surface area contributed by atoms with Gasteiger partial charge in [0.2, 0.25) is 0 Å². The van der Waals surface area contributed by atoms with Crippen molar-refractivity contribution in [3.8, 4) is 17.0 Å². The SMILES string of the molecule is O=C(O)CCNC(=O)c1ccc(C(Nc2nc(-c3ccc(OC(F)(F)F)cc3)cs2)c2ccc3c(c2)CCC3)cc1. The van der Waals surface area contributed by atoms with E-state index in [2.05, 4.69) is 38.6 Å². The predicted molar refractivity (Wildman–Crippen MR) is 149 cm³/mol. The zero-order valence-corrected chi connectivity index (χ0v) is 22.5. The average molecular weight is 582 g/mol. The zero-order chi connectivity index (χ0) is 29.0. The molecule has 4 aromatic rings. The molecule has 1 atom stereocenters. The highest BCUT2D eigenvalue weighted by molar-refractivity contribution is 7.14. The number of hydrogen-bond acceptors (Lipinski definition) is 6. The molecule has 0 saturated heterocycles.